The number of likely N-dealkylation sites (tertiary alicyclic amines) is 1. The van der Waals surface area contributed by atoms with Crippen molar-refractivity contribution in [3.63, 3.8) is 0 Å². The molecular weight excluding hydrogens is 400 g/mol. The Morgan fingerprint density at radius 1 is 1.36 bits per heavy atom. The fourth-order valence-electron chi connectivity index (χ4n) is 3.05. The first-order valence-electron chi connectivity index (χ1n) is 8.59. The summed E-state index contributed by atoms with van der Waals surface area (Å²) in [6.07, 6.45) is 2.28. The smallest absolute Gasteiger partial charge is 0.234 e. The molecule has 1 aromatic carbocycles. The van der Waals surface area contributed by atoms with Gasteiger partial charge in [-0.25, -0.2) is 0 Å². The van der Waals surface area contributed by atoms with Gasteiger partial charge in [0.25, 0.3) is 0 Å². The number of hydrogen-bond acceptors (Lipinski definition) is 4. The fourth-order valence-corrected chi connectivity index (χ4v) is 4.44. The summed E-state index contributed by atoms with van der Waals surface area (Å²) in [6, 6.07) is 12.0. The van der Waals surface area contributed by atoms with Gasteiger partial charge in [-0.2, -0.15) is 0 Å². The number of ether oxygens (including phenoxy) is 1. The van der Waals surface area contributed by atoms with Crippen molar-refractivity contribution >= 4 is 33.2 Å². The van der Waals surface area contributed by atoms with Crippen molar-refractivity contribution in [3.8, 4) is 5.75 Å². The number of carbonyl (C=O) groups is 1. The Morgan fingerprint density at radius 3 is 2.96 bits per heavy atom. The highest BCUT2D eigenvalue weighted by Gasteiger charge is 2.22. The van der Waals surface area contributed by atoms with E-state index in [4.69, 9.17) is 4.74 Å². The minimum Gasteiger partial charge on any atom is -0.493 e. The second-order valence-electron chi connectivity index (χ2n) is 6.38. The van der Waals surface area contributed by atoms with Crippen LogP contribution < -0.4 is 10.1 Å². The van der Waals surface area contributed by atoms with Gasteiger partial charge < -0.3 is 10.1 Å². The number of amides is 1. The maximum atomic E-state index is 12.2. The summed E-state index contributed by atoms with van der Waals surface area (Å²) in [7, 11) is 0. The molecule has 1 fully saturated rings. The summed E-state index contributed by atoms with van der Waals surface area (Å²) in [6.45, 7) is 3.69. The van der Waals surface area contributed by atoms with E-state index in [2.05, 4.69) is 26.1 Å². The largest absolute Gasteiger partial charge is 0.493 e. The van der Waals surface area contributed by atoms with Crippen LogP contribution in [0.15, 0.2) is 46.3 Å². The number of para-hydroxylation sites is 1. The van der Waals surface area contributed by atoms with E-state index >= 15 is 0 Å². The first-order chi connectivity index (χ1) is 12.2. The van der Waals surface area contributed by atoms with Crippen molar-refractivity contribution in [2.45, 2.75) is 19.4 Å². The molecule has 1 amide bonds. The molecule has 4 nitrogen and oxygen atoms in total. The van der Waals surface area contributed by atoms with E-state index < -0.39 is 0 Å². The summed E-state index contributed by atoms with van der Waals surface area (Å²) in [5.41, 5.74) is 0. The van der Waals surface area contributed by atoms with Crippen LogP contribution in [0.1, 0.15) is 17.7 Å². The Bertz CT molecular complexity index is 677. The highest BCUT2D eigenvalue weighted by Crippen LogP contribution is 2.20. The Balaban J connectivity index is 1.39. The number of benzene rings is 1. The molecule has 0 saturated carbocycles. The number of carbonyl (C=O) groups excluding carboxylic acids is 1. The maximum Gasteiger partial charge on any atom is 0.234 e. The van der Waals surface area contributed by atoms with Gasteiger partial charge in [-0.1, -0.05) is 18.2 Å². The number of nitrogens with one attached hydrogen (secondary N) is 1. The number of thiophene rings is 1. The molecule has 1 aliphatic heterocycles. The van der Waals surface area contributed by atoms with Gasteiger partial charge in [0, 0.05) is 27.2 Å². The molecule has 1 aliphatic rings. The van der Waals surface area contributed by atoms with E-state index in [0.717, 1.165) is 41.0 Å². The molecule has 1 unspecified atom stereocenters. The monoisotopic (exact) mass is 422 g/mol. The molecule has 6 heteroatoms. The van der Waals surface area contributed by atoms with Crippen molar-refractivity contribution in [1.82, 2.24) is 10.2 Å². The van der Waals surface area contributed by atoms with Crippen LogP contribution in [-0.4, -0.2) is 37.0 Å². The predicted octanol–water partition coefficient (Wildman–Crippen LogP) is 3.92. The number of piperidine rings is 1. The van der Waals surface area contributed by atoms with Crippen LogP contribution in [0.25, 0.3) is 0 Å². The van der Waals surface area contributed by atoms with E-state index in [9.17, 15) is 4.79 Å². The first-order valence-corrected chi connectivity index (χ1v) is 10.3. The van der Waals surface area contributed by atoms with Crippen LogP contribution in [-0.2, 0) is 11.3 Å². The fraction of sp³-hybridized carbons (Fsp3) is 0.421. The molecule has 0 bridgehead atoms. The molecule has 1 N–H and O–H groups in total. The molecule has 1 atom stereocenters. The normalized spacial score (nSPS) is 18.0. The average Bonchev–Trinajstić information content (AvgIpc) is 3.05. The Labute approximate surface area is 161 Å². The van der Waals surface area contributed by atoms with Crippen molar-refractivity contribution in [1.29, 1.82) is 0 Å². The summed E-state index contributed by atoms with van der Waals surface area (Å²) in [5.74, 6) is 1.49. The van der Waals surface area contributed by atoms with Crippen LogP contribution in [0.2, 0.25) is 0 Å². The van der Waals surface area contributed by atoms with Gasteiger partial charge >= 0.3 is 0 Å². The first kappa shape index (κ1) is 18.4. The molecule has 0 aliphatic carbocycles. The molecule has 2 heterocycles. The lowest BCUT2D eigenvalue weighted by Crippen LogP contribution is -2.43. The number of rotatable bonds is 7. The van der Waals surface area contributed by atoms with Crippen LogP contribution in [0.4, 0.5) is 0 Å². The number of hydrogen-bond donors (Lipinski definition) is 1. The SMILES string of the molecule is O=C(CN1CCCC(COc2ccccc2)C1)NCc1cc(Br)cs1. The van der Waals surface area contributed by atoms with E-state index in [-0.39, 0.29) is 5.91 Å². The lowest BCUT2D eigenvalue weighted by atomic mass is 9.99. The van der Waals surface area contributed by atoms with Crippen LogP contribution in [0.3, 0.4) is 0 Å². The highest BCUT2D eigenvalue weighted by molar-refractivity contribution is 9.10. The quantitative estimate of drug-likeness (QED) is 0.734. The maximum absolute atomic E-state index is 12.2. The van der Waals surface area contributed by atoms with Crippen LogP contribution in [0.5, 0.6) is 5.75 Å². The topological polar surface area (TPSA) is 41.6 Å². The van der Waals surface area contributed by atoms with Gasteiger partial charge in [-0.05, 0) is 53.5 Å². The molecule has 0 radical (unpaired) electrons. The Morgan fingerprint density at radius 2 is 2.20 bits per heavy atom. The number of nitrogens with zero attached hydrogens (tertiary/aromatic N) is 1. The summed E-state index contributed by atoms with van der Waals surface area (Å²) >= 11 is 5.09. The van der Waals surface area contributed by atoms with Crippen LogP contribution >= 0.6 is 27.3 Å². The third-order valence-corrected chi connectivity index (χ3v) is 5.98. The molecule has 2 aromatic rings. The zero-order valence-electron chi connectivity index (χ0n) is 14.1. The van der Waals surface area contributed by atoms with Gasteiger partial charge in [-0.3, -0.25) is 9.69 Å². The number of halogens is 1. The molecule has 1 aromatic heterocycles. The van der Waals surface area contributed by atoms with Crippen molar-refractivity contribution in [2.24, 2.45) is 5.92 Å². The highest BCUT2D eigenvalue weighted by atomic mass is 79.9. The molecule has 3 rings (SSSR count). The second kappa shape index (κ2) is 9.36. The lowest BCUT2D eigenvalue weighted by molar-refractivity contribution is -0.122. The van der Waals surface area contributed by atoms with E-state index in [1.165, 1.54) is 0 Å². The van der Waals surface area contributed by atoms with Crippen LogP contribution in [0, 0.1) is 5.92 Å². The molecule has 134 valence electrons. The second-order valence-corrected chi connectivity index (χ2v) is 8.29. The third-order valence-electron chi connectivity index (χ3n) is 4.28. The minimum absolute atomic E-state index is 0.0918. The summed E-state index contributed by atoms with van der Waals surface area (Å²) in [4.78, 5) is 15.6. The lowest BCUT2D eigenvalue weighted by Gasteiger charge is -2.32. The molecular formula is C19H23BrN2O2S. The zero-order valence-corrected chi connectivity index (χ0v) is 16.5. The Hall–Kier alpha value is -1.37. The van der Waals surface area contributed by atoms with Gasteiger partial charge in [-0.15, -0.1) is 11.3 Å². The van der Waals surface area contributed by atoms with Gasteiger partial charge in [0.15, 0.2) is 0 Å². The average molecular weight is 423 g/mol. The van der Waals surface area contributed by atoms with Crippen molar-refractivity contribution in [2.75, 3.05) is 26.2 Å². The Kier molecular flexibility index (Phi) is 6.90. The van der Waals surface area contributed by atoms with Crippen molar-refractivity contribution in [3.05, 3.63) is 51.1 Å². The van der Waals surface area contributed by atoms with E-state index in [1.807, 2.05) is 41.8 Å². The van der Waals surface area contributed by atoms with Gasteiger partial charge in [0.2, 0.25) is 5.91 Å². The van der Waals surface area contributed by atoms with Gasteiger partial charge in [0.05, 0.1) is 19.7 Å². The predicted molar refractivity (Wildman–Crippen MR) is 105 cm³/mol. The summed E-state index contributed by atoms with van der Waals surface area (Å²) < 4.78 is 6.94. The standard InChI is InChI=1S/C19H23BrN2O2S/c20-16-9-18(25-14-16)10-21-19(23)12-22-8-4-5-15(11-22)13-24-17-6-2-1-3-7-17/h1-3,6-7,9,14-15H,4-5,8,10-13H2,(H,21,23). The molecule has 0 spiro atoms. The summed E-state index contributed by atoms with van der Waals surface area (Å²) in [5, 5.41) is 5.04. The molecule has 25 heavy (non-hydrogen) atoms. The minimum atomic E-state index is 0.0918. The zero-order chi connectivity index (χ0) is 17.5. The van der Waals surface area contributed by atoms with Gasteiger partial charge in [0.1, 0.15) is 5.75 Å². The molecule has 1 saturated heterocycles. The van der Waals surface area contributed by atoms with E-state index in [0.29, 0.717) is 25.6 Å². The third kappa shape index (κ3) is 6.13. The van der Waals surface area contributed by atoms with E-state index in [1.54, 1.807) is 11.3 Å². The van der Waals surface area contributed by atoms with Crippen molar-refractivity contribution < 1.29 is 9.53 Å².